The lowest BCUT2D eigenvalue weighted by Crippen LogP contribution is -1.85. The van der Waals surface area contributed by atoms with E-state index in [1.165, 1.54) is 38.5 Å². The Morgan fingerprint density at radius 2 is 0.241 bits per heavy atom. The fraction of sp³-hybridized carbons (Fsp3) is 0.474. The van der Waals surface area contributed by atoms with Crippen LogP contribution in [0, 0.1) is 0 Å². The second-order valence-electron chi connectivity index (χ2n) is 2.12. The third kappa shape index (κ3) is 1750. The molecule has 0 atom stereocenters. The van der Waals surface area contributed by atoms with Crippen molar-refractivity contribution in [2.24, 2.45) is 0 Å². The summed E-state index contributed by atoms with van der Waals surface area (Å²) < 4.78 is 0. The molecule has 180 valence electrons. The summed E-state index contributed by atoms with van der Waals surface area (Å²) in [5, 5.41) is 0. The molecule has 29 heavy (non-hydrogen) atoms. The SMILES string of the molecule is C.C.C.C1CCCCC1.C=O.C=O.C=O.C=O.C=O.C=O.C=O.C=O.C=O.C=O. The van der Waals surface area contributed by atoms with Gasteiger partial charge in [0.2, 0.25) is 0 Å². The normalized spacial score (nSPS) is 6.34. The Morgan fingerprint density at radius 3 is 0.276 bits per heavy atom. The highest BCUT2D eigenvalue weighted by molar-refractivity contribution is 5.12. The van der Waals surface area contributed by atoms with E-state index in [-0.39, 0.29) is 22.3 Å². The standard InChI is InChI=1S/C6H12.10CH2O.3CH4/c1-2-4-6-5-3-1;10*1-2;;;/h1-6H2;10*1H2;3*1H4. The van der Waals surface area contributed by atoms with Crippen LogP contribution >= 0.6 is 0 Å². The summed E-state index contributed by atoms with van der Waals surface area (Å²) in [6.45, 7) is 20.0. The molecule has 0 aromatic rings. The minimum atomic E-state index is 0. The average Bonchev–Trinajstić information content (AvgIpc) is 2.88. The van der Waals surface area contributed by atoms with Crippen LogP contribution in [0.4, 0.5) is 0 Å². The molecule has 0 aliphatic heterocycles. The van der Waals surface area contributed by atoms with Crippen molar-refractivity contribution in [1.29, 1.82) is 0 Å². The topological polar surface area (TPSA) is 171 Å². The molecule has 0 saturated heterocycles. The minimum absolute atomic E-state index is 0. The van der Waals surface area contributed by atoms with E-state index in [2.05, 4.69) is 0 Å². The van der Waals surface area contributed by atoms with Gasteiger partial charge in [0.05, 0.1) is 0 Å². The zero-order valence-corrected chi connectivity index (χ0v) is 15.4. The minimum Gasteiger partial charge on any atom is -0.307 e. The Bertz CT molecular complexity index is 106. The van der Waals surface area contributed by atoms with E-state index in [0.717, 1.165) is 0 Å². The third-order valence-corrected chi connectivity index (χ3v) is 1.50. The van der Waals surface area contributed by atoms with Crippen molar-refractivity contribution in [3.63, 3.8) is 0 Å². The van der Waals surface area contributed by atoms with Gasteiger partial charge in [0.25, 0.3) is 0 Å². The molecule has 10 nitrogen and oxygen atoms in total. The molecule has 1 aliphatic rings. The summed E-state index contributed by atoms with van der Waals surface area (Å²) in [6.07, 6.45) is 9.00. The van der Waals surface area contributed by atoms with Gasteiger partial charge in [-0.05, 0) is 0 Å². The van der Waals surface area contributed by atoms with Crippen molar-refractivity contribution >= 4 is 67.9 Å². The highest BCUT2D eigenvalue weighted by Crippen LogP contribution is 2.15. The van der Waals surface area contributed by atoms with Gasteiger partial charge in [0.15, 0.2) is 0 Å². The molecule has 1 aliphatic carbocycles. The zero-order chi connectivity index (χ0) is 24.2. The average molecular weight is 433 g/mol. The number of carbonyl (C=O) groups excluding carboxylic acids is 10. The Kier molecular flexibility index (Phi) is 6380. The van der Waals surface area contributed by atoms with Crippen LogP contribution in [0.15, 0.2) is 0 Å². The van der Waals surface area contributed by atoms with Crippen molar-refractivity contribution in [3.05, 3.63) is 0 Å². The second-order valence-corrected chi connectivity index (χ2v) is 2.12. The summed E-state index contributed by atoms with van der Waals surface area (Å²) in [6, 6.07) is 0. The van der Waals surface area contributed by atoms with E-state index in [9.17, 15) is 0 Å². The van der Waals surface area contributed by atoms with E-state index in [0.29, 0.717) is 0 Å². The van der Waals surface area contributed by atoms with Crippen molar-refractivity contribution < 1.29 is 47.9 Å². The molecule has 0 unspecified atom stereocenters. The first-order chi connectivity index (χ1) is 13.0. The molecule has 0 heterocycles. The van der Waals surface area contributed by atoms with Crippen LogP contribution in [-0.4, -0.2) is 67.9 Å². The van der Waals surface area contributed by atoms with Crippen LogP contribution in [0.5, 0.6) is 0 Å². The molecular weight excluding hydrogens is 388 g/mol. The van der Waals surface area contributed by atoms with Crippen LogP contribution in [0.2, 0.25) is 0 Å². The first-order valence-corrected chi connectivity index (χ1v) is 5.89. The maximum Gasteiger partial charge on any atom is 0.106 e. The highest BCUT2D eigenvalue weighted by atomic mass is 16.1. The molecule has 0 radical (unpaired) electrons. The Balaban J connectivity index is -0.00000000918. The van der Waals surface area contributed by atoms with Crippen LogP contribution in [0.1, 0.15) is 60.8 Å². The lowest BCUT2D eigenvalue weighted by molar-refractivity contribution is -0.0987. The Morgan fingerprint density at radius 1 is 0.207 bits per heavy atom. The van der Waals surface area contributed by atoms with E-state index >= 15 is 0 Å². The van der Waals surface area contributed by atoms with Crippen LogP contribution < -0.4 is 0 Å². The summed E-state index contributed by atoms with van der Waals surface area (Å²) in [5.41, 5.74) is 0. The van der Waals surface area contributed by atoms with Gasteiger partial charge in [-0.25, -0.2) is 0 Å². The number of rotatable bonds is 0. The summed E-state index contributed by atoms with van der Waals surface area (Å²) in [7, 11) is 0. The van der Waals surface area contributed by atoms with Crippen molar-refractivity contribution in [3.8, 4) is 0 Å². The van der Waals surface area contributed by atoms with Crippen molar-refractivity contribution in [2.75, 3.05) is 0 Å². The largest absolute Gasteiger partial charge is 0.307 e. The maximum absolute atomic E-state index is 8.00. The van der Waals surface area contributed by atoms with E-state index in [1.54, 1.807) is 0 Å². The van der Waals surface area contributed by atoms with Gasteiger partial charge in [-0.3, -0.25) is 0 Å². The molecule has 1 fully saturated rings. The van der Waals surface area contributed by atoms with E-state index in [4.69, 9.17) is 47.9 Å². The molecule has 1 rings (SSSR count). The Labute approximate surface area is 177 Å². The molecule has 0 bridgehead atoms. The second kappa shape index (κ2) is 1900. The van der Waals surface area contributed by atoms with Gasteiger partial charge in [-0.15, -0.1) is 0 Å². The number of carbonyl (C=O) groups is 10. The first kappa shape index (κ1) is 97.2. The van der Waals surface area contributed by atoms with Crippen molar-refractivity contribution in [1.82, 2.24) is 0 Å². The predicted molar refractivity (Wildman–Crippen MR) is 119 cm³/mol. The smallest absolute Gasteiger partial charge is 0.106 e. The van der Waals surface area contributed by atoms with Crippen molar-refractivity contribution in [2.45, 2.75) is 60.8 Å². The summed E-state index contributed by atoms with van der Waals surface area (Å²) >= 11 is 0. The van der Waals surface area contributed by atoms with Gasteiger partial charge in [0, 0.05) is 0 Å². The molecule has 0 N–H and O–H groups in total. The van der Waals surface area contributed by atoms with Gasteiger partial charge in [0.1, 0.15) is 67.9 Å². The zero-order valence-electron chi connectivity index (χ0n) is 15.4. The fourth-order valence-electron chi connectivity index (χ4n) is 1.06. The predicted octanol–water partition coefficient (Wildman–Crippen LogP) is 2.40. The molecule has 0 aromatic carbocycles. The highest BCUT2D eigenvalue weighted by Gasteiger charge is 1.95. The Hall–Kier alpha value is -3.30. The first-order valence-electron chi connectivity index (χ1n) is 5.89. The molecule has 0 amide bonds. The van der Waals surface area contributed by atoms with Crippen LogP contribution in [-0.2, 0) is 47.9 Å². The quantitative estimate of drug-likeness (QED) is 0.553. The fourth-order valence-corrected chi connectivity index (χ4v) is 1.06. The lowest BCUT2D eigenvalue weighted by Gasteiger charge is -2.05. The summed E-state index contributed by atoms with van der Waals surface area (Å²) in [4.78, 5) is 80.0. The van der Waals surface area contributed by atoms with Gasteiger partial charge >= 0.3 is 0 Å². The summed E-state index contributed by atoms with van der Waals surface area (Å²) in [5.74, 6) is 0. The van der Waals surface area contributed by atoms with E-state index in [1.807, 2.05) is 67.9 Å². The molecular formula is C19H44O10. The van der Waals surface area contributed by atoms with Gasteiger partial charge in [-0.1, -0.05) is 60.8 Å². The van der Waals surface area contributed by atoms with E-state index < -0.39 is 0 Å². The van der Waals surface area contributed by atoms with Crippen LogP contribution in [0.25, 0.3) is 0 Å². The maximum atomic E-state index is 8.00. The molecule has 0 aromatic heterocycles. The lowest BCUT2D eigenvalue weighted by atomic mass is 10.0. The monoisotopic (exact) mass is 432 g/mol. The van der Waals surface area contributed by atoms with Crippen LogP contribution in [0.3, 0.4) is 0 Å². The van der Waals surface area contributed by atoms with Gasteiger partial charge < -0.3 is 47.9 Å². The third-order valence-electron chi connectivity index (χ3n) is 1.50. The molecule has 0 spiro atoms. The molecule has 1 saturated carbocycles. The van der Waals surface area contributed by atoms with Gasteiger partial charge in [-0.2, -0.15) is 0 Å². The number of hydrogen-bond donors (Lipinski definition) is 0. The molecule has 10 heteroatoms. The number of hydrogen-bond acceptors (Lipinski definition) is 10.